The maximum atomic E-state index is 13.4. The van der Waals surface area contributed by atoms with Gasteiger partial charge in [-0.25, -0.2) is 8.42 Å². The van der Waals surface area contributed by atoms with Crippen LogP contribution in [0, 0.1) is 0 Å². The molecule has 0 bridgehead atoms. The van der Waals surface area contributed by atoms with Gasteiger partial charge in [-0.3, -0.25) is 4.79 Å². The number of sulfonamides is 1. The minimum Gasteiger partial charge on any atom is -0.339 e. The Labute approximate surface area is 170 Å². The predicted molar refractivity (Wildman–Crippen MR) is 109 cm³/mol. The summed E-state index contributed by atoms with van der Waals surface area (Å²) in [6, 6.07) is 6.58. The normalized spacial score (nSPS) is 19.9. The molecule has 0 spiro atoms. The van der Waals surface area contributed by atoms with Crippen LogP contribution in [0.1, 0.15) is 38.5 Å². The minimum absolute atomic E-state index is 0.0664. The Hall–Kier alpha value is -0.960. The van der Waals surface area contributed by atoms with E-state index in [4.69, 9.17) is 0 Å². The summed E-state index contributed by atoms with van der Waals surface area (Å²) in [5.41, 5.74) is 0. The van der Waals surface area contributed by atoms with Crippen LogP contribution in [0.2, 0.25) is 0 Å². The van der Waals surface area contributed by atoms with Gasteiger partial charge in [-0.2, -0.15) is 4.31 Å². The van der Waals surface area contributed by atoms with Gasteiger partial charge in [0.05, 0.1) is 11.4 Å². The molecule has 1 saturated heterocycles. The van der Waals surface area contributed by atoms with Crippen LogP contribution in [0.4, 0.5) is 0 Å². The summed E-state index contributed by atoms with van der Waals surface area (Å²) in [6.07, 6.45) is 5.94. The van der Waals surface area contributed by atoms with E-state index in [-0.39, 0.29) is 23.4 Å². The lowest BCUT2D eigenvalue weighted by atomic mass is 10.1. The fraction of sp³-hybridized carbons (Fsp3) is 0.632. The summed E-state index contributed by atoms with van der Waals surface area (Å²) in [5.74, 6) is -0.0959. The van der Waals surface area contributed by atoms with Crippen molar-refractivity contribution in [2.75, 3.05) is 32.7 Å². The third-order valence-electron chi connectivity index (χ3n) is 5.41. The lowest BCUT2D eigenvalue weighted by Gasteiger charge is -2.33. The van der Waals surface area contributed by atoms with Gasteiger partial charge in [-0.15, -0.1) is 0 Å². The Bertz CT molecular complexity index is 725. The molecular weight excluding hydrogens is 430 g/mol. The van der Waals surface area contributed by atoms with Crippen molar-refractivity contribution in [3.63, 3.8) is 0 Å². The Kier molecular flexibility index (Phi) is 7.30. The Morgan fingerprint density at radius 3 is 2.26 bits per heavy atom. The average Bonchev–Trinajstić information content (AvgIpc) is 2.96. The smallest absolute Gasteiger partial charge is 0.243 e. The molecule has 0 radical (unpaired) electrons. The summed E-state index contributed by atoms with van der Waals surface area (Å²) in [6.45, 7) is 2.72. The van der Waals surface area contributed by atoms with Gasteiger partial charge in [0.2, 0.25) is 15.9 Å². The lowest BCUT2D eigenvalue weighted by molar-refractivity contribution is -0.132. The molecule has 1 aromatic rings. The molecule has 27 heavy (non-hydrogen) atoms. The van der Waals surface area contributed by atoms with Crippen LogP contribution < -0.4 is 5.32 Å². The number of benzene rings is 1. The first-order chi connectivity index (χ1) is 13.0. The molecule has 1 amide bonds. The van der Waals surface area contributed by atoms with Gasteiger partial charge in [-0.05, 0) is 37.1 Å². The molecule has 1 N–H and O–H groups in total. The number of nitrogens with zero attached hydrogens (tertiary/aromatic N) is 2. The highest BCUT2D eigenvalue weighted by atomic mass is 79.9. The van der Waals surface area contributed by atoms with Crippen molar-refractivity contribution in [3.05, 3.63) is 28.7 Å². The first kappa shape index (κ1) is 20.8. The number of amides is 1. The molecule has 1 aliphatic carbocycles. The second-order valence-corrected chi connectivity index (χ2v) is 10.1. The summed E-state index contributed by atoms with van der Waals surface area (Å²) in [7, 11) is -3.72. The van der Waals surface area contributed by atoms with Crippen LogP contribution in [0.25, 0.3) is 0 Å². The third-order valence-corrected chi connectivity index (χ3v) is 7.85. The van der Waals surface area contributed by atoms with E-state index in [1.165, 1.54) is 4.31 Å². The van der Waals surface area contributed by atoms with Gasteiger partial charge in [-0.1, -0.05) is 41.6 Å². The van der Waals surface area contributed by atoms with Gasteiger partial charge >= 0.3 is 0 Å². The number of rotatable bonds is 5. The van der Waals surface area contributed by atoms with Crippen molar-refractivity contribution in [3.8, 4) is 0 Å². The summed E-state index contributed by atoms with van der Waals surface area (Å²) in [5, 5.41) is 3.23. The number of halogens is 1. The molecule has 2 aliphatic rings. The van der Waals surface area contributed by atoms with Crippen molar-refractivity contribution in [1.82, 2.24) is 14.5 Å². The second-order valence-electron chi connectivity index (χ2n) is 7.28. The summed E-state index contributed by atoms with van der Waals surface area (Å²) >= 11 is 3.35. The van der Waals surface area contributed by atoms with Crippen LogP contribution in [-0.2, 0) is 14.8 Å². The molecule has 8 heteroatoms. The highest BCUT2D eigenvalue weighted by Crippen LogP contribution is 2.28. The van der Waals surface area contributed by atoms with E-state index in [0.717, 1.165) is 56.1 Å². The molecule has 6 nitrogen and oxygen atoms in total. The van der Waals surface area contributed by atoms with E-state index in [0.29, 0.717) is 13.1 Å². The Morgan fingerprint density at radius 1 is 1.07 bits per heavy atom. The Morgan fingerprint density at radius 2 is 1.67 bits per heavy atom. The zero-order chi connectivity index (χ0) is 19.3. The van der Waals surface area contributed by atoms with Crippen LogP contribution >= 0.6 is 15.9 Å². The maximum Gasteiger partial charge on any atom is 0.243 e. The number of hydrogen-bond acceptors (Lipinski definition) is 4. The molecule has 150 valence electrons. The Balaban J connectivity index is 1.86. The fourth-order valence-electron chi connectivity index (χ4n) is 3.85. The first-order valence-corrected chi connectivity index (χ1v) is 12.0. The zero-order valence-electron chi connectivity index (χ0n) is 15.6. The van der Waals surface area contributed by atoms with Gasteiger partial charge in [0.1, 0.15) is 0 Å². The molecule has 0 unspecified atom stereocenters. The van der Waals surface area contributed by atoms with E-state index in [1.54, 1.807) is 29.2 Å². The standard InChI is InChI=1S/C19H28BrN3O3S/c20-16-7-9-18(10-8-16)27(25,26)23(17-5-3-1-2-4-6-17)15-19(24)22-13-11-21-12-14-22/h7-10,17,21H,1-6,11-15H2. The van der Waals surface area contributed by atoms with E-state index in [1.807, 2.05) is 0 Å². The quantitative estimate of drug-likeness (QED) is 0.689. The summed E-state index contributed by atoms with van der Waals surface area (Å²) < 4.78 is 29.1. The summed E-state index contributed by atoms with van der Waals surface area (Å²) in [4.78, 5) is 14.9. The van der Waals surface area contributed by atoms with Crippen molar-refractivity contribution < 1.29 is 13.2 Å². The highest BCUT2D eigenvalue weighted by Gasteiger charge is 2.34. The second kappa shape index (κ2) is 9.49. The highest BCUT2D eigenvalue weighted by molar-refractivity contribution is 9.10. The van der Waals surface area contributed by atoms with Crippen LogP contribution in [-0.4, -0.2) is 62.3 Å². The minimum atomic E-state index is -3.72. The largest absolute Gasteiger partial charge is 0.339 e. The van der Waals surface area contributed by atoms with E-state index in [9.17, 15) is 13.2 Å². The van der Waals surface area contributed by atoms with Gasteiger partial charge in [0, 0.05) is 36.7 Å². The number of nitrogens with one attached hydrogen (secondary N) is 1. The molecule has 3 rings (SSSR count). The van der Waals surface area contributed by atoms with Crippen molar-refractivity contribution in [2.24, 2.45) is 0 Å². The van der Waals surface area contributed by atoms with E-state index >= 15 is 0 Å². The molecule has 1 aromatic carbocycles. The topological polar surface area (TPSA) is 69.7 Å². The van der Waals surface area contributed by atoms with Crippen LogP contribution in [0.15, 0.2) is 33.6 Å². The van der Waals surface area contributed by atoms with Gasteiger partial charge < -0.3 is 10.2 Å². The van der Waals surface area contributed by atoms with Crippen molar-refractivity contribution in [2.45, 2.75) is 49.5 Å². The molecule has 1 aliphatic heterocycles. The number of piperazine rings is 1. The molecule has 0 atom stereocenters. The predicted octanol–water partition coefficient (Wildman–Crippen LogP) is 2.59. The lowest BCUT2D eigenvalue weighted by Crippen LogP contribution is -2.52. The van der Waals surface area contributed by atoms with Crippen LogP contribution in [0.5, 0.6) is 0 Å². The number of hydrogen-bond donors (Lipinski definition) is 1. The van der Waals surface area contributed by atoms with Crippen molar-refractivity contribution in [1.29, 1.82) is 0 Å². The first-order valence-electron chi connectivity index (χ1n) is 9.74. The van der Waals surface area contributed by atoms with Crippen LogP contribution in [0.3, 0.4) is 0 Å². The number of carbonyl (C=O) groups is 1. The fourth-order valence-corrected chi connectivity index (χ4v) is 5.74. The molecule has 1 saturated carbocycles. The molecule has 0 aromatic heterocycles. The zero-order valence-corrected chi connectivity index (χ0v) is 18.0. The monoisotopic (exact) mass is 457 g/mol. The molecule has 2 fully saturated rings. The van der Waals surface area contributed by atoms with E-state index in [2.05, 4.69) is 21.2 Å². The average molecular weight is 458 g/mol. The molecular formula is C19H28BrN3O3S. The number of carbonyl (C=O) groups excluding carboxylic acids is 1. The van der Waals surface area contributed by atoms with Gasteiger partial charge in [0.25, 0.3) is 0 Å². The SMILES string of the molecule is O=C(CN(C1CCCCCC1)S(=O)(=O)c1ccc(Br)cc1)N1CCNCC1. The van der Waals surface area contributed by atoms with Gasteiger partial charge in [0.15, 0.2) is 0 Å². The van der Waals surface area contributed by atoms with E-state index < -0.39 is 10.0 Å². The third kappa shape index (κ3) is 5.31. The molecule has 1 heterocycles. The maximum absolute atomic E-state index is 13.4. The van der Waals surface area contributed by atoms with Crippen molar-refractivity contribution >= 4 is 31.9 Å².